The van der Waals surface area contributed by atoms with E-state index in [4.69, 9.17) is 0 Å². The van der Waals surface area contributed by atoms with Crippen LogP contribution in [0.15, 0.2) is 321 Å². The Morgan fingerprint density at radius 3 is 0.816 bits per heavy atom. The Morgan fingerprint density at radius 1 is 0.322 bits per heavy atom. The number of ketones is 5. The van der Waals surface area contributed by atoms with Crippen LogP contribution in [0, 0.1) is 10.8 Å². The number of rotatable bonds is 22. The fraction of sp³-hybridized carbons (Fsp3) is 0.0875. The standard InChI is InChI=1S/C33H28O2.C21H20O2.C19H16O2.C7H7Br/c34-31(23-21-27-13-5-1-6-14-27)33(25-29-17-9-3-10-18-29,26-30-19-11-4-12-20-30)32(35)24-22-28-15-7-2-8-16-28;1-21(2,19(22)15-13-17-9-5-3-6-10-17)20(23)16-14-18-11-7-4-8-12-18;20-18(13-11-16-7-3-1-4-8-16)15-19(21)14-12-17-9-5-2-6-10-17;8-6-7-4-2-1-3-5-7/h1-24H,25-26H2;3-16H,1-2H3;1-15,20H;1-5H,6H2/b23-21+,24-22+;15-13+,16-14+;13-11+,14-12+,18-15-;. The van der Waals surface area contributed by atoms with Gasteiger partial charge in [-0.25, -0.2) is 0 Å². The van der Waals surface area contributed by atoms with Gasteiger partial charge in [0, 0.05) is 11.4 Å². The third-order valence-corrected chi connectivity index (χ3v) is 14.2. The molecule has 0 atom stereocenters. The van der Waals surface area contributed by atoms with Gasteiger partial charge in [-0.2, -0.15) is 0 Å². The lowest BCUT2D eigenvalue weighted by molar-refractivity contribution is -0.135. The molecule has 6 nitrogen and oxygen atoms in total. The average molecular weight is 1210 g/mol. The summed E-state index contributed by atoms with van der Waals surface area (Å²) in [5.74, 6) is -1.13. The van der Waals surface area contributed by atoms with Crippen LogP contribution in [0.25, 0.3) is 36.5 Å². The van der Waals surface area contributed by atoms with E-state index >= 15 is 0 Å². The van der Waals surface area contributed by atoms with Crippen molar-refractivity contribution >= 4 is 81.3 Å². The molecule has 0 fully saturated rings. The monoisotopic (exact) mass is 1210 g/mol. The molecule has 0 aliphatic carbocycles. The van der Waals surface area contributed by atoms with Crippen LogP contribution in [0.3, 0.4) is 0 Å². The van der Waals surface area contributed by atoms with Gasteiger partial charge in [0.05, 0.1) is 5.41 Å². The summed E-state index contributed by atoms with van der Waals surface area (Å²) in [5.41, 5.74) is 6.50. The minimum atomic E-state index is -1.26. The zero-order valence-electron chi connectivity index (χ0n) is 49.0. The van der Waals surface area contributed by atoms with E-state index < -0.39 is 10.8 Å². The minimum Gasteiger partial charge on any atom is -0.508 e. The van der Waals surface area contributed by atoms with E-state index in [9.17, 15) is 29.1 Å². The highest BCUT2D eigenvalue weighted by Gasteiger charge is 2.43. The van der Waals surface area contributed by atoms with Crippen LogP contribution in [0.2, 0.25) is 0 Å². The highest BCUT2D eigenvalue weighted by atomic mass is 79.9. The largest absolute Gasteiger partial charge is 0.508 e. The Balaban J connectivity index is 0.000000202. The number of benzene rings is 9. The van der Waals surface area contributed by atoms with Crippen molar-refractivity contribution in [2.75, 3.05) is 0 Å². The van der Waals surface area contributed by atoms with Crippen molar-refractivity contribution in [2.45, 2.75) is 32.0 Å². The van der Waals surface area contributed by atoms with Gasteiger partial charge >= 0.3 is 0 Å². The third-order valence-electron chi connectivity index (χ3n) is 13.6. The second-order valence-electron chi connectivity index (χ2n) is 20.5. The van der Waals surface area contributed by atoms with Gasteiger partial charge < -0.3 is 5.11 Å². The summed E-state index contributed by atoms with van der Waals surface area (Å²) in [5, 5.41) is 10.6. The maximum atomic E-state index is 14.0. The zero-order chi connectivity index (χ0) is 61.8. The van der Waals surface area contributed by atoms with Crippen molar-refractivity contribution in [3.63, 3.8) is 0 Å². The van der Waals surface area contributed by atoms with E-state index in [0.717, 1.165) is 49.8 Å². The lowest BCUT2D eigenvalue weighted by Crippen LogP contribution is -2.42. The van der Waals surface area contributed by atoms with Crippen LogP contribution in [-0.4, -0.2) is 34.0 Å². The predicted octanol–water partition coefficient (Wildman–Crippen LogP) is 18.6. The Morgan fingerprint density at radius 2 is 0.552 bits per heavy atom. The molecule has 0 saturated carbocycles. The van der Waals surface area contributed by atoms with E-state index in [1.54, 1.807) is 62.5 Å². The average Bonchev–Trinajstić information content (AvgIpc) is 2.22. The van der Waals surface area contributed by atoms with Gasteiger partial charge in [0.1, 0.15) is 11.2 Å². The molecule has 0 bridgehead atoms. The first-order chi connectivity index (χ1) is 42.3. The number of allylic oxidation sites excluding steroid dienone is 7. The number of aliphatic hydroxyl groups excluding tert-OH is 1. The molecule has 0 spiro atoms. The quantitative estimate of drug-likeness (QED) is 0.0238. The summed E-state index contributed by atoms with van der Waals surface area (Å²) < 4.78 is 0. The topological polar surface area (TPSA) is 106 Å². The third kappa shape index (κ3) is 23.8. The number of halogens is 1. The molecule has 9 aromatic rings. The number of alkyl halides is 1. The summed E-state index contributed by atoms with van der Waals surface area (Å²) in [6, 6.07) is 87.4. The molecule has 7 heteroatoms. The zero-order valence-corrected chi connectivity index (χ0v) is 50.6. The van der Waals surface area contributed by atoms with Crippen molar-refractivity contribution in [1.29, 1.82) is 0 Å². The smallest absolute Gasteiger partial charge is 0.182 e. The lowest BCUT2D eigenvalue weighted by Gasteiger charge is -2.29. The predicted molar refractivity (Wildman–Crippen MR) is 364 cm³/mol. The molecule has 0 aliphatic rings. The molecule has 0 aromatic heterocycles. The van der Waals surface area contributed by atoms with Crippen molar-refractivity contribution in [3.05, 3.63) is 371 Å². The van der Waals surface area contributed by atoms with E-state index in [0.29, 0.717) is 12.8 Å². The molecule has 1 N–H and O–H groups in total. The van der Waals surface area contributed by atoms with Crippen molar-refractivity contribution in [1.82, 2.24) is 0 Å². The molecule has 9 aromatic carbocycles. The molecule has 0 saturated heterocycles. The Kier molecular flexibility index (Phi) is 27.7. The van der Waals surface area contributed by atoms with Gasteiger partial charge in [-0.3, -0.25) is 24.0 Å². The fourth-order valence-electron chi connectivity index (χ4n) is 8.52. The van der Waals surface area contributed by atoms with Gasteiger partial charge in [-0.05, 0) is 113 Å². The van der Waals surface area contributed by atoms with Gasteiger partial charge in [-0.15, -0.1) is 0 Å². The van der Waals surface area contributed by atoms with E-state index in [-0.39, 0.29) is 34.7 Å². The molecule has 0 radical (unpaired) electrons. The molecular weight excluding hydrogens is 1140 g/mol. The molecule has 9 rings (SSSR count). The van der Waals surface area contributed by atoms with Crippen LogP contribution in [-0.2, 0) is 42.1 Å². The Bertz CT molecular complexity index is 3570. The van der Waals surface area contributed by atoms with Crippen LogP contribution < -0.4 is 0 Å². The number of carbonyl (C=O) groups excluding carboxylic acids is 5. The molecule has 0 heterocycles. The highest BCUT2D eigenvalue weighted by Crippen LogP contribution is 2.33. The van der Waals surface area contributed by atoms with Crippen molar-refractivity contribution in [2.24, 2.45) is 10.8 Å². The summed E-state index contributed by atoms with van der Waals surface area (Å²) in [4.78, 5) is 64.3. The van der Waals surface area contributed by atoms with Crippen LogP contribution in [0.5, 0.6) is 0 Å². The molecule has 0 aliphatic heterocycles. The Hall–Kier alpha value is -10.2. The number of carbonyl (C=O) groups is 5. The summed E-state index contributed by atoms with van der Waals surface area (Å²) >= 11 is 3.36. The first-order valence-electron chi connectivity index (χ1n) is 28.5. The highest BCUT2D eigenvalue weighted by molar-refractivity contribution is 9.08. The number of hydrogen-bond acceptors (Lipinski definition) is 6. The summed E-state index contributed by atoms with van der Waals surface area (Å²) in [6.45, 7) is 3.31. The summed E-state index contributed by atoms with van der Waals surface area (Å²) in [6.07, 6.45) is 21.4. The van der Waals surface area contributed by atoms with Crippen molar-refractivity contribution < 1.29 is 29.1 Å². The fourth-order valence-corrected chi connectivity index (χ4v) is 8.89. The van der Waals surface area contributed by atoms with Crippen LogP contribution >= 0.6 is 15.9 Å². The second-order valence-corrected chi connectivity index (χ2v) is 21.1. The first-order valence-corrected chi connectivity index (χ1v) is 29.6. The van der Waals surface area contributed by atoms with Gasteiger partial charge in [-0.1, -0.05) is 325 Å². The van der Waals surface area contributed by atoms with Gasteiger partial charge in [0.25, 0.3) is 0 Å². The van der Waals surface area contributed by atoms with E-state index in [2.05, 4.69) is 28.1 Å². The Labute approximate surface area is 521 Å². The van der Waals surface area contributed by atoms with E-state index in [1.807, 2.05) is 261 Å². The molecular formula is C80H71BrO6. The molecule has 434 valence electrons. The minimum absolute atomic E-state index is 0.0680. The number of hydrogen-bond donors (Lipinski definition) is 1. The molecule has 87 heavy (non-hydrogen) atoms. The maximum Gasteiger partial charge on any atom is 0.182 e. The second kappa shape index (κ2) is 36.5. The lowest BCUT2D eigenvalue weighted by atomic mass is 9.69. The molecule has 0 amide bonds. The van der Waals surface area contributed by atoms with Gasteiger partial charge in [0.2, 0.25) is 0 Å². The molecule has 0 unspecified atom stereocenters. The summed E-state index contributed by atoms with van der Waals surface area (Å²) in [7, 11) is 0. The first kappa shape index (κ1) is 65.9. The van der Waals surface area contributed by atoms with Gasteiger partial charge in [0.15, 0.2) is 28.9 Å². The number of aliphatic hydroxyl groups is 1. The van der Waals surface area contributed by atoms with Crippen molar-refractivity contribution in [3.8, 4) is 0 Å². The van der Waals surface area contributed by atoms with Crippen LogP contribution in [0.1, 0.15) is 63.9 Å². The SMILES string of the molecule is BrCc1ccccc1.CC(C)(C(=O)/C=C/c1ccccc1)C(=O)/C=C/c1ccccc1.O=C(/C=C(O)/C=C/c1ccccc1)/C=C/c1ccccc1.O=C(/C=C/c1ccccc1)C(Cc1ccccc1)(Cc1ccccc1)C(=O)/C=C/c1ccccc1. The van der Waals surface area contributed by atoms with E-state index in [1.165, 1.54) is 35.9 Å². The maximum absolute atomic E-state index is 14.0. The normalized spacial score (nSPS) is 11.6. The van der Waals surface area contributed by atoms with Crippen LogP contribution in [0.4, 0.5) is 0 Å².